The lowest BCUT2D eigenvalue weighted by atomic mass is 9.97. The first-order chi connectivity index (χ1) is 15.0. The Morgan fingerprint density at radius 2 is 1.81 bits per heavy atom. The fraction of sp³-hybridized carbons (Fsp3) is 0.320. The maximum Gasteiger partial charge on any atom is 0.304 e. The van der Waals surface area contributed by atoms with E-state index in [1.807, 2.05) is 48.5 Å². The molecule has 0 spiro atoms. The highest BCUT2D eigenvalue weighted by atomic mass is 16.4. The highest BCUT2D eigenvalue weighted by Gasteiger charge is 2.10. The van der Waals surface area contributed by atoms with Crippen LogP contribution in [0.4, 0.5) is 0 Å². The van der Waals surface area contributed by atoms with Crippen LogP contribution in [-0.4, -0.2) is 27.8 Å². The van der Waals surface area contributed by atoms with Crippen LogP contribution < -0.4 is 5.32 Å². The number of hydrogen-bond donors (Lipinski definition) is 2. The van der Waals surface area contributed by atoms with Gasteiger partial charge in [-0.15, -0.1) is 10.2 Å². The molecule has 2 N–H and O–H groups in total. The number of hydrogen-bond acceptors (Lipinski definition) is 5. The van der Waals surface area contributed by atoms with Crippen molar-refractivity contribution in [3.63, 3.8) is 0 Å². The minimum absolute atomic E-state index is 0.110. The van der Waals surface area contributed by atoms with Gasteiger partial charge in [-0.3, -0.25) is 4.79 Å². The normalized spacial score (nSPS) is 11.8. The van der Waals surface area contributed by atoms with Gasteiger partial charge in [-0.1, -0.05) is 56.3 Å². The predicted molar refractivity (Wildman–Crippen MR) is 122 cm³/mol. The molecule has 0 aliphatic heterocycles. The van der Waals surface area contributed by atoms with Gasteiger partial charge in [0.1, 0.15) is 0 Å². The molecule has 0 bridgehead atoms. The van der Waals surface area contributed by atoms with Gasteiger partial charge < -0.3 is 14.8 Å². The van der Waals surface area contributed by atoms with Gasteiger partial charge in [0, 0.05) is 24.7 Å². The topological polar surface area (TPSA) is 88.2 Å². The molecule has 1 aromatic heterocycles. The zero-order chi connectivity index (χ0) is 22.1. The van der Waals surface area contributed by atoms with Crippen molar-refractivity contribution < 1.29 is 14.3 Å². The second-order valence-electron chi connectivity index (χ2n) is 7.93. The number of carboxylic acids is 1. The highest BCUT2D eigenvalue weighted by Crippen LogP contribution is 2.26. The van der Waals surface area contributed by atoms with Gasteiger partial charge in [-0.05, 0) is 47.6 Å². The average Bonchev–Trinajstić information content (AvgIpc) is 3.23. The number of benzene rings is 2. The second-order valence-corrected chi connectivity index (χ2v) is 7.93. The zero-order valence-electron chi connectivity index (χ0n) is 18.0. The van der Waals surface area contributed by atoms with Gasteiger partial charge in [0.25, 0.3) is 0 Å². The Morgan fingerprint density at radius 1 is 1.06 bits per heavy atom. The van der Waals surface area contributed by atoms with E-state index >= 15 is 0 Å². The number of carbonyl (C=O) groups is 1. The summed E-state index contributed by atoms with van der Waals surface area (Å²) in [4.78, 5) is 10.6. The number of carboxylic acid groups (broad SMARTS) is 1. The van der Waals surface area contributed by atoms with Gasteiger partial charge >= 0.3 is 5.97 Å². The molecule has 0 fully saturated rings. The first-order valence-electron chi connectivity index (χ1n) is 10.6. The lowest BCUT2D eigenvalue weighted by Gasteiger charge is -2.09. The van der Waals surface area contributed by atoms with E-state index in [1.54, 1.807) is 0 Å². The van der Waals surface area contributed by atoms with Crippen LogP contribution in [0.15, 0.2) is 59.0 Å². The third-order valence-electron chi connectivity index (χ3n) is 4.92. The molecule has 6 nitrogen and oxygen atoms in total. The highest BCUT2D eigenvalue weighted by molar-refractivity contribution is 5.79. The summed E-state index contributed by atoms with van der Waals surface area (Å²) in [7, 11) is 0. The minimum Gasteiger partial charge on any atom is -0.481 e. The molecule has 31 heavy (non-hydrogen) atoms. The molecule has 1 heterocycles. The molecule has 0 radical (unpaired) electrons. The Balaban J connectivity index is 1.69. The standard InChI is InChI=1S/C25H29N3O3/c1-18(2)8-11-22(20-6-4-3-5-7-20)16-23-27-28-25(31-23)21-12-9-19(10-13-21)17-26-15-14-24(29)30/h3-7,9-10,12-13,16,18,26H,8,11,14-15,17H2,1-2H3,(H,29,30). The quantitative estimate of drug-likeness (QED) is 0.411. The third kappa shape index (κ3) is 7.19. The van der Waals surface area contributed by atoms with E-state index in [0.717, 1.165) is 24.0 Å². The van der Waals surface area contributed by atoms with Crippen LogP contribution >= 0.6 is 0 Å². The third-order valence-corrected chi connectivity index (χ3v) is 4.92. The number of rotatable bonds is 11. The summed E-state index contributed by atoms with van der Waals surface area (Å²) in [5, 5.41) is 20.2. The van der Waals surface area contributed by atoms with Crippen molar-refractivity contribution in [3.8, 4) is 11.5 Å². The minimum atomic E-state index is -0.802. The molecule has 6 heteroatoms. The molecule has 0 aliphatic rings. The monoisotopic (exact) mass is 419 g/mol. The van der Waals surface area contributed by atoms with Crippen LogP contribution in [0.1, 0.15) is 50.1 Å². The number of aliphatic carboxylic acids is 1. The van der Waals surface area contributed by atoms with Crippen LogP contribution in [0, 0.1) is 5.92 Å². The molecule has 3 rings (SSSR count). The van der Waals surface area contributed by atoms with E-state index in [9.17, 15) is 4.79 Å². The molecule has 3 aromatic rings. The number of nitrogens with zero attached hydrogens (tertiary/aromatic N) is 2. The summed E-state index contributed by atoms with van der Waals surface area (Å²) in [6, 6.07) is 18.1. The van der Waals surface area contributed by atoms with Gasteiger partial charge in [0.15, 0.2) is 0 Å². The molecule has 0 atom stereocenters. The fourth-order valence-electron chi connectivity index (χ4n) is 3.15. The molecule has 0 unspecified atom stereocenters. The summed E-state index contributed by atoms with van der Waals surface area (Å²) in [5.74, 6) is 0.788. The molecular formula is C25H29N3O3. The van der Waals surface area contributed by atoms with E-state index < -0.39 is 5.97 Å². The molecule has 0 saturated carbocycles. The Hall–Kier alpha value is -3.25. The second kappa shape index (κ2) is 11.2. The fourth-order valence-corrected chi connectivity index (χ4v) is 3.15. The molecule has 162 valence electrons. The lowest BCUT2D eigenvalue weighted by Crippen LogP contribution is -2.17. The number of aromatic nitrogens is 2. The van der Waals surface area contributed by atoms with Gasteiger partial charge in [-0.25, -0.2) is 0 Å². The van der Waals surface area contributed by atoms with E-state index in [0.29, 0.717) is 30.8 Å². The Bertz CT molecular complexity index is 992. The summed E-state index contributed by atoms with van der Waals surface area (Å²) in [6.07, 6.45) is 4.13. The predicted octanol–water partition coefficient (Wildman–Crippen LogP) is 5.28. The largest absolute Gasteiger partial charge is 0.481 e. The lowest BCUT2D eigenvalue weighted by molar-refractivity contribution is -0.136. The number of nitrogens with one attached hydrogen (secondary N) is 1. The molecular weight excluding hydrogens is 390 g/mol. The average molecular weight is 420 g/mol. The summed E-state index contributed by atoms with van der Waals surface area (Å²) < 4.78 is 5.91. The molecule has 0 saturated heterocycles. The van der Waals surface area contributed by atoms with E-state index in [1.165, 1.54) is 11.1 Å². The van der Waals surface area contributed by atoms with Crippen molar-refractivity contribution in [1.82, 2.24) is 15.5 Å². The van der Waals surface area contributed by atoms with Crippen LogP contribution in [0.25, 0.3) is 23.1 Å². The van der Waals surface area contributed by atoms with Gasteiger partial charge in [-0.2, -0.15) is 0 Å². The molecule has 2 aromatic carbocycles. The van der Waals surface area contributed by atoms with Gasteiger partial charge in [0.2, 0.25) is 11.8 Å². The van der Waals surface area contributed by atoms with Crippen LogP contribution in [0.3, 0.4) is 0 Å². The van der Waals surface area contributed by atoms with Crippen molar-refractivity contribution >= 4 is 17.6 Å². The Morgan fingerprint density at radius 3 is 2.48 bits per heavy atom. The summed E-state index contributed by atoms with van der Waals surface area (Å²) >= 11 is 0. The van der Waals surface area contributed by atoms with E-state index in [4.69, 9.17) is 9.52 Å². The van der Waals surface area contributed by atoms with Crippen LogP contribution in [0.5, 0.6) is 0 Å². The van der Waals surface area contributed by atoms with Crippen molar-refractivity contribution in [2.24, 2.45) is 5.92 Å². The van der Waals surface area contributed by atoms with Crippen molar-refractivity contribution in [2.75, 3.05) is 6.54 Å². The maximum atomic E-state index is 10.6. The van der Waals surface area contributed by atoms with Crippen molar-refractivity contribution in [1.29, 1.82) is 0 Å². The number of allylic oxidation sites excluding steroid dienone is 1. The Labute approximate surface area is 183 Å². The van der Waals surface area contributed by atoms with E-state index in [2.05, 4.69) is 41.5 Å². The maximum absolute atomic E-state index is 10.6. The first-order valence-corrected chi connectivity index (χ1v) is 10.6. The van der Waals surface area contributed by atoms with Crippen LogP contribution in [0.2, 0.25) is 0 Å². The summed E-state index contributed by atoms with van der Waals surface area (Å²) in [5.41, 5.74) is 4.27. The van der Waals surface area contributed by atoms with Gasteiger partial charge in [0.05, 0.1) is 6.42 Å². The SMILES string of the molecule is CC(C)CCC(=Cc1nnc(-c2ccc(CNCCC(=O)O)cc2)o1)c1ccccc1. The van der Waals surface area contributed by atoms with Crippen molar-refractivity contribution in [3.05, 3.63) is 71.6 Å². The molecule has 0 amide bonds. The smallest absolute Gasteiger partial charge is 0.304 e. The van der Waals surface area contributed by atoms with Crippen LogP contribution in [-0.2, 0) is 11.3 Å². The first kappa shape index (κ1) is 22.4. The van der Waals surface area contributed by atoms with Crippen molar-refractivity contribution in [2.45, 2.75) is 39.7 Å². The summed E-state index contributed by atoms with van der Waals surface area (Å²) in [6.45, 7) is 5.50. The Kier molecular flexibility index (Phi) is 8.12. The molecule has 0 aliphatic carbocycles. The van der Waals surface area contributed by atoms with E-state index in [-0.39, 0.29) is 6.42 Å². The zero-order valence-corrected chi connectivity index (χ0v) is 18.0.